The van der Waals surface area contributed by atoms with Crippen LogP contribution < -0.4 is 16.6 Å². The molecule has 0 saturated heterocycles. The Labute approximate surface area is 123 Å². The van der Waals surface area contributed by atoms with E-state index in [1.54, 1.807) is 11.3 Å². The van der Waals surface area contributed by atoms with Crippen molar-refractivity contribution in [1.82, 2.24) is 5.32 Å². The van der Waals surface area contributed by atoms with Gasteiger partial charge in [-0.1, -0.05) is 17.7 Å². The van der Waals surface area contributed by atoms with Crippen molar-refractivity contribution in [1.29, 1.82) is 0 Å². The standard InChI is InChI=1S/C15H19N3OS/c1-10-5-6-14(18-16)13(8-10)15(19)17-11(2)9-12-4-3-7-20-12/h3-8,11,18H,9,16H2,1-2H3,(H,17,19). The van der Waals surface area contributed by atoms with Crippen LogP contribution in [0.4, 0.5) is 5.69 Å². The van der Waals surface area contributed by atoms with Crippen molar-refractivity contribution in [3.63, 3.8) is 0 Å². The number of benzene rings is 1. The fraction of sp³-hybridized carbons (Fsp3) is 0.267. The molecule has 0 spiro atoms. The van der Waals surface area contributed by atoms with Gasteiger partial charge in [-0.25, -0.2) is 0 Å². The average molecular weight is 289 g/mol. The summed E-state index contributed by atoms with van der Waals surface area (Å²) in [5.74, 6) is 5.34. The van der Waals surface area contributed by atoms with Gasteiger partial charge in [0.15, 0.2) is 0 Å². The highest BCUT2D eigenvalue weighted by Gasteiger charge is 2.14. The molecule has 2 rings (SSSR count). The maximum atomic E-state index is 12.3. The van der Waals surface area contributed by atoms with Crippen molar-refractivity contribution in [2.24, 2.45) is 5.84 Å². The number of rotatable bonds is 5. The van der Waals surface area contributed by atoms with Gasteiger partial charge in [-0.05, 0) is 37.4 Å². The van der Waals surface area contributed by atoms with Crippen molar-refractivity contribution < 1.29 is 4.79 Å². The second-order valence-corrected chi connectivity index (χ2v) is 5.88. The molecule has 1 atom stereocenters. The van der Waals surface area contributed by atoms with Gasteiger partial charge in [-0.3, -0.25) is 10.6 Å². The second-order valence-electron chi connectivity index (χ2n) is 4.85. The third-order valence-corrected chi connectivity index (χ3v) is 3.94. The second kappa shape index (κ2) is 6.54. The number of hydrazine groups is 1. The Morgan fingerprint density at radius 3 is 2.85 bits per heavy atom. The number of anilines is 1. The van der Waals surface area contributed by atoms with E-state index in [1.807, 2.05) is 43.5 Å². The van der Waals surface area contributed by atoms with E-state index in [0.29, 0.717) is 11.3 Å². The number of hydrogen-bond donors (Lipinski definition) is 3. The topological polar surface area (TPSA) is 67.1 Å². The number of nitrogen functional groups attached to an aromatic ring is 1. The largest absolute Gasteiger partial charge is 0.349 e. The molecule has 1 aromatic heterocycles. The molecule has 0 bridgehead atoms. The lowest BCUT2D eigenvalue weighted by Gasteiger charge is -2.15. The lowest BCUT2D eigenvalue weighted by atomic mass is 10.1. The Balaban J connectivity index is 2.06. The van der Waals surface area contributed by atoms with Gasteiger partial charge < -0.3 is 10.7 Å². The predicted molar refractivity (Wildman–Crippen MR) is 83.9 cm³/mol. The molecule has 106 valence electrons. The first-order valence-electron chi connectivity index (χ1n) is 6.50. The molecular weight excluding hydrogens is 270 g/mol. The van der Waals surface area contributed by atoms with Gasteiger partial charge >= 0.3 is 0 Å². The summed E-state index contributed by atoms with van der Waals surface area (Å²) in [6, 6.07) is 9.74. The molecule has 0 radical (unpaired) electrons. The van der Waals surface area contributed by atoms with Crippen molar-refractivity contribution in [3.05, 3.63) is 51.7 Å². The summed E-state index contributed by atoms with van der Waals surface area (Å²) in [4.78, 5) is 13.6. The fourth-order valence-electron chi connectivity index (χ4n) is 2.05. The van der Waals surface area contributed by atoms with Gasteiger partial charge in [-0.2, -0.15) is 0 Å². The number of nitrogens with one attached hydrogen (secondary N) is 2. The van der Waals surface area contributed by atoms with E-state index in [2.05, 4.69) is 16.8 Å². The summed E-state index contributed by atoms with van der Waals surface area (Å²) in [5, 5.41) is 5.05. The number of nitrogens with two attached hydrogens (primary N) is 1. The minimum Gasteiger partial charge on any atom is -0.349 e. The number of thiophene rings is 1. The molecule has 2 aromatic rings. The van der Waals surface area contributed by atoms with Crippen LogP contribution in [0.25, 0.3) is 0 Å². The van der Waals surface area contributed by atoms with Crippen molar-refractivity contribution in [2.45, 2.75) is 26.3 Å². The highest BCUT2D eigenvalue weighted by Crippen LogP contribution is 2.17. The normalized spacial score (nSPS) is 11.9. The van der Waals surface area contributed by atoms with E-state index in [9.17, 15) is 4.79 Å². The van der Waals surface area contributed by atoms with Crippen LogP contribution in [0.15, 0.2) is 35.7 Å². The molecule has 1 unspecified atom stereocenters. The first-order valence-corrected chi connectivity index (χ1v) is 7.38. The molecule has 0 saturated carbocycles. The monoisotopic (exact) mass is 289 g/mol. The van der Waals surface area contributed by atoms with Crippen LogP contribution in [0.2, 0.25) is 0 Å². The third-order valence-electron chi connectivity index (χ3n) is 3.04. The summed E-state index contributed by atoms with van der Waals surface area (Å²) in [6.07, 6.45) is 0.834. The molecule has 4 N–H and O–H groups in total. The molecule has 0 aliphatic heterocycles. The Morgan fingerprint density at radius 2 is 2.20 bits per heavy atom. The molecule has 1 aromatic carbocycles. The summed E-state index contributed by atoms with van der Waals surface area (Å²) in [6.45, 7) is 3.95. The van der Waals surface area contributed by atoms with Crippen molar-refractivity contribution in [3.8, 4) is 0 Å². The van der Waals surface area contributed by atoms with E-state index in [1.165, 1.54) is 4.88 Å². The first-order chi connectivity index (χ1) is 9.60. The third kappa shape index (κ3) is 3.59. The van der Waals surface area contributed by atoms with E-state index in [0.717, 1.165) is 12.0 Å². The molecular formula is C15H19N3OS. The lowest BCUT2D eigenvalue weighted by Crippen LogP contribution is -2.34. The van der Waals surface area contributed by atoms with Crippen molar-refractivity contribution >= 4 is 22.9 Å². The smallest absolute Gasteiger partial charge is 0.253 e. The molecule has 0 aliphatic carbocycles. The van der Waals surface area contributed by atoms with E-state index >= 15 is 0 Å². The van der Waals surface area contributed by atoms with Crippen LogP contribution in [0.3, 0.4) is 0 Å². The molecule has 0 fully saturated rings. The SMILES string of the molecule is Cc1ccc(NN)c(C(=O)NC(C)Cc2cccs2)c1. The highest BCUT2D eigenvalue weighted by molar-refractivity contribution is 7.09. The molecule has 0 aliphatic rings. The first kappa shape index (κ1) is 14.6. The maximum Gasteiger partial charge on any atom is 0.253 e. The van der Waals surface area contributed by atoms with Gasteiger partial charge in [0.05, 0.1) is 11.3 Å². The van der Waals surface area contributed by atoms with Crippen LogP contribution in [0.5, 0.6) is 0 Å². The zero-order valence-electron chi connectivity index (χ0n) is 11.6. The van der Waals surface area contributed by atoms with Crippen LogP contribution in [0.1, 0.15) is 27.7 Å². The van der Waals surface area contributed by atoms with E-state index in [4.69, 9.17) is 5.84 Å². The number of hydrogen-bond acceptors (Lipinski definition) is 4. The highest BCUT2D eigenvalue weighted by atomic mass is 32.1. The number of aryl methyl sites for hydroxylation is 1. The number of amides is 1. The quantitative estimate of drug-likeness (QED) is 0.585. The Hall–Kier alpha value is -1.85. The van der Waals surface area contributed by atoms with Crippen LogP contribution in [-0.4, -0.2) is 11.9 Å². The number of carbonyl (C=O) groups is 1. The minimum absolute atomic E-state index is 0.0762. The van der Waals surface area contributed by atoms with Gasteiger partial charge in [0.25, 0.3) is 5.91 Å². The fourth-order valence-corrected chi connectivity index (χ4v) is 2.89. The van der Waals surface area contributed by atoms with Crippen molar-refractivity contribution in [2.75, 3.05) is 5.43 Å². The summed E-state index contributed by atoms with van der Waals surface area (Å²) < 4.78 is 0. The zero-order valence-corrected chi connectivity index (χ0v) is 12.5. The van der Waals surface area contributed by atoms with Gasteiger partial charge in [-0.15, -0.1) is 11.3 Å². The molecule has 1 amide bonds. The Morgan fingerprint density at radius 1 is 1.40 bits per heavy atom. The van der Waals surface area contributed by atoms with E-state index in [-0.39, 0.29) is 11.9 Å². The Bertz CT molecular complexity index is 581. The Kier molecular flexibility index (Phi) is 4.76. The van der Waals surface area contributed by atoms with Gasteiger partial charge in [0, 0.05) is 17.3 Å². The lowest BCUT2D eigenvalue weighted by molar-refractivity contribution is 0.0941. The summed E-state index contributed by atoms with van der Waals surface area (Å²) in [7, 11) is 0. The van der Waals surface area contributed by atoms with Gasteiger partial charge in [0.1, 0.15) is 0 Å². The molecule has 20 heavy (non-hydrogen) atoms. The van der Waals surface area contributed by atoms with Crippen LogP contribution >= 0.6 is 11.3 Å². The maximum absolute atomic E-state index is 12.3. The zero-order chi connectivity index (χ0) is 14.5. The molecule has 4 nitrogen and oxygen atoms in total. The predicted octanol–water partition coefficient (Wildman–Crippen LogP) is 2.70. The van der Waals surface area contributed by atoms with E-state index < -0.39 is 0 Å². The molecule has 5 heteroatoms. The number of carbonyl (C=O) groups excluding carboxylic acids is 1. The summed E-state index contributed by atoms with van der Waals surface area (Å²) in [5.41, 5.74) is 4.80. The average Bonchev–Trinajstić information content (AvgIpc) is 2.91. The van der Waals surface area contributed by atoms with Crippen LogP contribution in [0, 0.1) is 6.92 Å². The van der Waals surface area contributed by atoms with Crippen LogP contribution in [-0.2, 0) is 6.42 Å². The molecule has 1 heterocycles. The van der Waals surface area contributed by atoms with Gasteiger partial charge in [0.2, 0.25) is 0 Å². The summed E-state index contributed by atoms with van der Waals surface area (Å²) >= 11 is 1.70. The minimum atomic E-state index is -0.106.